The van der Waals surface area contributed by atoms with Gasteiger partial charge in [-0.15, -0.1) is 0 Å². The molecule has 1 radical (unpaired) electrons. The molecule has 0 aliphatic carbocycles. The van der Waals surface area contributed by atoms with Crippen molar-refractivity contribution in [2.45, 2.75) is 0 Å². The Morgan fingerprint density at radius 2 is 1.57 bits per heavy atom. The summed E-state index contributed by atoms with van der Waals surface area (Å²) in [5.74, 6) is 0. The molecular weight excluding hydrogens is 84.9 g/mol. The van der Waals surface area contributed by atoms with Gasteiger partial charge >= 0.3 is 14.0 Å². The van der Waals surface area contributed by atoms with Gasteiger partial charge in [0, 0.05) is 12.4 Å². The van der Waals surface area contributed by atoms with E-state index in [1.165, 1.54) is 0 Å². The summed E-state index contributed by atoms with van der Waals surface area (Å²) >= 11 is 0. The standard InChI is InChI=1S/C4H5N.CH2B/c1-2-4-5-3-1;1-2/h1-5H;1H2. The minimum absolute atomic E-state index is 1.88. The van der Waals surface area contributed by atoms with Crippen molar-refractivity contribution in [3.05, 3.63) is 24.5 Å². The van der Waals surface area contributed by atoms with E-state index in [0.717, 1.165) is 0 Å². The predicted molar refractivity (Wildman–Crippen MR) is 33.7 cm³/mol. The maximum absolute atomic E-state index is 4.25. The smallest absolute Gasteiger partial charge is 0.000496 e. The molecule has 1 aromatic heterocycles. The van der Waals surface area contributed by atoms with E-state index in [1.807, 2.05) is 24.5 Å². The van der Waals surface area contributed by atoms with Gasteiger partial charge in [0.15, 0.2) is 0 Å². The van der Waals surface area contributed by atoms with Gasteiger partial charge in [-0.05, 0) is 12.1 Å². The van der Waals surface area contributed by atoms with Crippen LogP contribution in [0.3, 0.4) is 0 Å². The van der Waals surface area contributed by atoms with Gasteiger partial charge in [-0.3, -0.25) is 0 Å². The molecule has 0 aromatic carbocycles. The quantitative estimate of drug-likeness (QED) is 0.451. The second-order valence-corrected chi connectivity index (χ2v) is 0.885. The van der Waals surface area contributed by atoms with E-state index in [4.69, 9.17) is 0 Å². The van der Waals surface area contributed by atoms with Crippen molar-refractivity contribution in [1.82, 2.24) is 4.98 Å². The average molecular weight is 91.9 g/mol. The summed E-state index contributed by atoms with van der Waals surface area (Å²) in [4.78, 5) is 2.86. The Balaban J connectivity index is 0.000000162. The molecule has 0 unspecified atom stereocenters. The second kappa shape index (κ2) is 5.21. The zero-order valence-corrected chi connectivity index (χ0v) is 4.09. The summed E-state index contributed by atoms with van der Waals surface area (Å²) < 4.78 is 0. The largest absolute Gasteiger partial charge is 0.368 e. The number of hydrogen-bond acceptors (Lipinski definition) is 0. The van der Waals surface area contributed by atoms with Gasteiger partial charge in [0.2, 0.25) is 0 Å². The fourth-order valence-corrected chi connectivity index (χ4v) is 0.278. The molecule has 7 heavy (non-hydrogen) atoms. The Morgan fingerprint density at radius 3 is 1.71 bits per heavy atom. The molecule has 1 N–H and O–H groups in total. The topological polar surface area (TPSA) is 15.8 Å². The van der Waals surface area contributed by atoms with Crippen LogP contribution in [0.1, 0.15) is 0 Å². The maximum Gasteiger partial charge on any atom is 0.000496 e. The third-order valence-corrected chi connectivity index (χ3v) is 0.496. The first kappa shape index (κ1) is 6.21. The summed E-state index contributed by atoms with van der Waals surface area (Å²) in [5, 5.41) is 0. The molecule has 0 amide bonds. The molecule has 1 rings (SSSR count). The Kier molecular flexibility index (Phi) is 4.63. The number of hydrogen-bond donors (Lipinski definition) is 1. The van der Waals surface area contributed by atoms with Crippen LogP contribution >= 0.6 is 0 Å². The first-order valence-electron chi connectivity index (χ1n) is 1.99. The predicted octanol–water partition coefficient (Wildman–Crippen LogP) is 0.602. The van der Waals surface area contributed by atoms with Crippen LogP contribution in [-0.2, 0) is 0 Å². The first-order chi connectivity index (χ1) is 3.50. The molecule has 0 spiro atoms. The zero-order chi connectivity index (χ0) is 5.54. The number of nitrogens with one attached hydrogen (secondary N) is 1. The van der Waals surface area contributed by atoms with Crippen molar-refractivity contribution in [2.24, 2.45) is 0 Å². The van der Waals surface area contributed by atoms with E-state index in [2.05, 4.69) is 18.9 Å². The molecule has 0 atom stereocenters. The molecule has 0 aliphatic heterocycles. The van der Waals surface area contributed by atoms with Crippen LogP contribution in [0.5, 0.6) is 0 Å². The minimum Gasteiger partial charge on any atom is -0.368 e. The van der Waals surface area contributed by atoms with Gasteiger partial charge in [-0.1, -0.05) is 0 Å². The summed E-state index contributed by atoms with van der Waals surface area (Å²) in [7, 11) is 4.25. The molecule has 0 fully saturated rings. The van der Waals surface area contributed by atoms with E-state index in [0.29, 0.717) is 0 Å². The number of aromatic amines is 1. The fourth-order valence-electron chi connectivity index (χ4n) is 0.278. The molecule has 0 bridgehead atoms. The Bertz CT molecular complexity index is 75.0. The van der Waals surface area contributed by atoms with Crippen molar-refractivity contribution in [2.75, 3.05) is 0 Å². The van der Waals surface area contributed by atoms with Crippen molar-refractivity contribution < 1.29 is 0 Å². The normalized spacial score (nSPS) is 6.14. The van der Waals surface area contributed by atoms with Gasteiger partial charge in [0.25, 0.3) is 0 Å². The molecule has 2 heteroatoms. The van der Waals surface area contributed by atoms with Crippen LogP contribution in [-0.4, -0.2) is 18.9 Å². The van der Waals surface area contributed by atoms with E-state index in [-0.39, 0.29) is 0 Å². The van der Waals surface area contributed by atoms with Gasteiger partial charge in [-0.25, -0.2) is 0 Å². The molecule has 0 saturated heterocycles. The maximum atomic E-state index is 4.25. The van der Waals surface area contributed by atoms with Crippen LogP contribution in [0.2, 0.25) is 0 Å². The third-order valence-electron chi connectivity index (χ3n) is 0.496. The molecule has 35 valence electrons. The second-order valence-electron chi connectivity index (χ2n) is 0.885. The molecule has 1 nitrogen and oxygen atoms in total. The van der Waals surface area contributed by atoms with Crippen LogP contribution < -0.4 is 0 Å². The van der Waals surface area contributed by atoms with Crippen molar-refractivity contribution in [1.29, 1.82) is 0 Å². The average Bonchev–Trinajstić information content (AvgIpc) is 2.23. The zero-order valence-electron chi connectivity index (χ0n) is 4.09. The summed E-state index contributed by atoms with van der Waals surface area (Å²) in [6, 6.07) is 3.89. The molecule has 1 heterocycles. The number of rotatable bonds is 0. The Morgan fingerprint density at radius 1 is 1.14 bits per heavy atom. The first-order valence-corrected chi connectivity index (χ1v) is 1.99. The molecule has 0 aliphatic rings. The van der Waals surface area contributed by atoms with Crippen LogP contribution in [0.25, 0.3) is 0 Å². The Labute approximate surface area is 44.5 Å². The summed E-state index contributed by atoms with van der Waals surface area (Å²) in [6.07, 6.45) is 3.75. The monoisotopic (exact) mass is 92.1 g/mol. The fraction of sp³-hybridized carbons (Fsp3) is 0. The summed E-state index contributed by atoms with van der Waals surface area (Å²) in [6.45, 7) is 2.75. The van der Waals surface area contributed by atoms with Crippen molar-refractivity contribution >= 4 is 14.0 Å². The van der Waals surface area contributed by atoms with Gasteiger partial charge in [-0.2, -0.15) is 0 Å². The minimum atomic E-state index is 1.88. The van der Waals surface area contributed by atoms with Crippen LogP contribution in [0, 0.1) is 0 Å². The summed E-state index contributed by atoms with van der Waals surface area (Å²) in [5.41, 5.74) is 0. The molecule has 0 saturated carbocycles. The van der Waals surface area contributed by atoms with E-state index >= 15 is 0 Å². The van der Waals surface area contributed by atoms with Crippen molar-refractivity contribution in [3.8, 4) is 0 Å². The third kappa shape index (κ3) is 3.03. The number of H-pyrrole nitrogens is 1. The molecule has 1 aromatic rings. The Hall–Kier alpha value is -0.785. The number of aromatic nitrogens is 1. The SMILES string of the molecule is [B]=C.c1cc[nH]c1. The van der Waals surface area contributed by atoms with Crippen LogP contribution in [0.15, 0.2) is 24.5 Å². The van der Waals surface area contributed by atoms with Gasteiger partial charge < -0.3 is 4.98 Å². The van der Waals surface area contributed by atoms with Crippen molar-refractivity contribution in [3.63, 3.8) is 0 Å². The van der Waals surface area contributed by atoms with E-state index in [1.54, 1.807) is 0 Å². The van der Waals surface area contributed by atoms with E-state index < -0.39 is 0 Å². The van der Waals surface area contributed by atoms with Crippen LogP contribution in [0.4, 0.5) is 0 Å². The van der Waals surface area contributed by atoms with Gasteiger partial charge in [0.05, 0.1) is 0 Å². The van der Waals surface area contributed by atoms with Gasteiger partial charge in [0.1, 0.15) is 0 Å². The van der Waals surface area contributed by atoms with E-state index in [9.17, 15) is 0 Å². The molecular formula is C5H7BN.